The van der Waals surface area contributed by atoms with Crippen LogP contribution in [0.2, 0.25) is 0 Å². The number of benzene rings is 1. The van der Waals surface area contributed by atoms with Crippen LogP contribution in [-0.4, -0.2) is 73.6 Å². The van der Waals surface area contributed by atoms with Gasteiger partial charge in [-0.3, -0.25) is 9.89 Å². The summed E-state index contributed by atoms with van der Waals surface area (Å²) in [5.74, 6) is 0.881. The molecule has 1 saturated heterocycles. The molecule has 0 bridgehead atoms. The third kappa shape index (κ3) is 8.87. The summed E-state index contributed by atoms with van der Waals surface area (Å²) in [5.41, 5.74) is 1.41. The fraction of sp³-hybridized carbons (Fsp3) is 0.545. The van der Waals surface area contributed by atoms with Crippen molar-refractivity contribution >= 4 is 41.3 Å². The van der Waals surface area contributed by atoms with E-state index in [2.05, 4.69) is 67.7 Å². The topological polar surface area (TPSA) is 55.8 Å². The lowest BCUT2D eigenvalue weighted by Gasteiger charge is -2.34. The Bertz CT molecular complexity index is 743. The first-order valence-corrected chi connectivity index (χ1v) is 11.4. The summed E-state index contributed by atoms with van der Waals surface area (Å²) in [7, 11) is 1.83. The second-order valence-electron chi connectivity index (χ2n) is 7.50. The van der Waals surface area contributed by atoms with E-state index in [1.54, 1.807) is 11.3 Å². The molecule has 0 amide bonds. The first-order valence-electron chi connectivity index (χ1n) is 10.6. The monoisotopic (exact) mass is 542 g/mol. The van der Waals surface area contributed by atoms with Gasteiger partial charge in [-0.25, -0.2) is 4.98 Å². The quantitative estimate of drug-likeness (QED) is 0.221. The maximum absolute atomic E-state index is 4.40. The molecule has 3 rings (SSSR count). The molecule has 1 fully saturated rings. The lowest BCUT2D eigenvalue weighted by Crippen LogP contribution is -2.46. The second kappa shape index (κ2) is 14.0. The van der Waals surface area contributed by atoms with Crippen molar-refractivity contribution in [1.29, 1.82) is 0 Å². The number of aromatic nitrogens is 1. The van der Waals surface area contributed by atoms with Gasteiger partial charge in [0, 0.05) is 70.4 Å². The summed E-state index contributed by atoms with van der Waals surface area (Å²) in [6, 6.07) is 10.8. The Hall–Kier alpha value is -1.23. The molecule has 0 unspecified atom stereocenters. The number of rotatable bonds is 9. The van der Waals surface area contributed by atoms with Crippen LogP contribution in [0.3, 0.4) is 0 Å². The van der Waals surface area contributed by atoms with Crippen LogP contribution < -0.4 is 10.6 Å². The van der Waals surface area contributed by atoms with Crippen LogP contribution in [0.25, 0.3) is 0 Å². The maximum Gasteiger partial charge on any atom is 0.190 e. The molecule has 0 atom stereocenters. The average molecular weight is 543 g/mol. The van der Waals surface area contributed by atoms with Crippen LogP contribution in [0, 0.1) is 6.92 Å². The highest BCUT2D eigenvalue weighted by atomic mass is 127. The van der Waals surface area contributed by atoms with E-state index in [-0.39, 0.29) is 24.0 Å². The highest BCUT2D eigenvalue weighted by Crippen LogP contribution is 2.11. The number of thiazole rings is 1. The van der Waals surface area contributed by atoms with Gasteiger partial charge < -0.3 is 15.5 Å². The molecule has 0 saturated carbocycles. The van der Waals surface area contributed by atoms with Gasteiger partial charge in [0.2, 0.25) is 0 Å². The molecule has 8 heteroatoms. The molecule has 0 radical (unpaired) electrons. The van der Waals surface area contributed by atoms with Gasteiger partial charge in [-0.15, -0.1) is 35.3 Å². The molecule has 166 valence electrons. The van der Waals surface area contributed by atoms with Gasteiger partial charge in [0.15, 0.2) is 5.96 Å². The van der Waals surface area contributed by atoms with Crippen molar-refractivity contribution in [2.75, 3.05) is 52.9 Å². The van der Waals surface area contributed by atoms with Gasteiger partial charge in [-0.05, 0) is 25.5 Å². The Morgan fingerprint density at radius 1 is 1.07 bits per heavy atom. The maximum atomic E-state index is 4.40. The number of nitrogens with one attached hydrogen (secondary N) is 2. The number of aryl methyl sites for hydroxylation is 1. The van der Waals surface area contributed by atoms with Gasteiger partial charge in [0.05, 0.1) is 5.01 Å². The van der Waals surface area contributed by atoms with E-state index in [1.165, 1.54) is 15.4 Å². The molecule has 1 aliphatic rings. The number of hydrogen-bond donors (Lipinski definition) is 2. The smallest absolute Gasteiger partial charge is 0.190 e. The van der Waals surface area contributed by atoms with Gasteiger partial charge in [0.1, 0.15) is 0 Å². The molecule has 6 nitrogen and oxygen atoms in total. The summed E-state index contributed by atoms with van der Waals surface area (Å²) in [5, 5.41) is 7.98. The zero-order valence-electron chi connectivity index (χ0n) is 18.1. The van der Waals surface area contributed by atoms with Crippen LogP contribution in [0.1, 0.15) is 21.9 Å². The van der Waals surface area contributed by atoms with Crippen LogP contribution in [-0.2, 0) is 13.0 Å². The minimum Gasteiger partial charge on any atom is -0.356 e. The van der Waals surface area contributed by atoms with Crippen molar-refractivity contribution < 1.29 is 0 Å². The molecular formula is C22H35IN6S. The first-order chi connectivity index (χ1) is 14.2. The third-order valence-electron chi connectivity index (χ3n) is 5.18. The number of aliphatic imine (C=N–C) groups is 1. The Morgan fingerprint density at radius 2 is 1.77 bits per heavy atom. The predicted octanol–water partition coefficient (Wildman–Crippen LogP) is 2.98. The summed E-state index contributed by atoms with van der Waals surface area (Å²) in [6.45, 7) is 10.7. The average Bonchev–Trinajstić information content (AvgIpc) is 3.16. The number of nitrogens with zero attached hydrogens (tertiary/aromatic N) is 4. The molecule has 0 aliphatic carbocycles. The Labute approximate surface area is 202 Å². The normalized spacial score (nSPS) is 15.6. The second-order valence-corrected chi connectivity index (χ2v) is 8.82. The molecular weight excluding hydrogens is 507 g/mol. The van der Waals surface area contributed by atoms with E-state index in [9.17, 15) is 0 Å². The molecule has 0 spiro atoms. The van der Waals surface area contributed by atoms with E-state index in [4.69, 9.17) is 0 Å². The Kier molecular flexibility index (Phi) is 11.6. The van der Waals surface area contributed by atoms with Crippen LogP contribution in [0.4, 0.5) is 0 Å². The van der Waals surface area contributed by atoms with E-state index < -0.39 is 0 Å². The van der Waals surface area contributed by atoms with Crippen molar-refractivity contribution in [3.63, 3.8) is 0 Å². The van der Waals surface area contributed by atoms with E-state index in [0.717, 1.165) is 71.2 Å². The molecule has 2 heterocycles. The van der Waals surface area contributed by atoms with Crippen molar-refractivity contribution in [1.82, 2.24) is 25.4 Å². The number of halogens is 1. The Balaban J connectivity index is 0.00000320. The standard InChI is InChI=1S/C22H34N6S.HI/c1-19-17-26-21(29-19)9-11-25-22(23-2)24-10-6-12-27-13-15-28(16-14-27)18-20-7-4-3-5-8-20;/h3-5,7-8,17H,6,9-16,18H2,1-2H3,(H2,23,24,25);1H. The highest BCUT2D eigenvalue weighted by molar-refractivity contribution is 14.0. The summed E-state index contributed by atoms with van der Waals surface area (Å²) in [4.78, 5) is 15.1. The first kappa shape index (κ1) is 25.0. The van der Waals surface area contributed by atoms with E-state index in [0.29, 0.717) is 0 Å². The van der Waals surface area contributed by atoms with Crippen LogP contribution in [0.15, 0.2) is 41.5 Å². The van der Waals surface area contributed by atoms with Crippen LogP contribution >= 0.6 is 35.3 Å². The molecule has 2 N–H and O–H groups in total. The van der Waals surface area contributed by atoms with E-state index in [1.807, 2.05) is 13.2 Å². The lowest BCUT2D eigenvalue weighted by molar-refractivity contribution is 0.126. The summed E-state index contributed by atoms with van der Waals surface area (Å²) >= 11 is 1.76. The summed E-state index contributed by atoms with van der Waals surface area (Å²) < 4.78 is 0. The third-order valence-corrected chi connectivity index (χ3v) is 6.15. The molecule has 1 aromatic heterocycles. The Morgan fingerprint density at radius 3 is 2.43 bits per heavy atom. The van der Waals surface area contributed by atoms with Crippen molar-refractivity contribution in [3.05, 3.63) is 52.0 Å². The minimum absolute atomic E-state index is 0. The molecule has 30 heavy (non-hydrogen) atoms. The highest BCUT2D eigenvalue weighted by Gasteiger charge is 2.16. The minimum atomic E-state index is 0. The number of guanidine groups is 1. The van der Waals surface area contributed by atoms with Gasteiger partial charge in [0.25, 0.3) is 0 Å². The van der Waals surface area contributed by atoms with Gasteiger partial charge >= 0.3 is 0 Å². The zero-order valence-corrected chi connectivity index (χ0v) is 21.3. The SMILES string of the molecule is CN=C(NCCCN1CCN(Cc2ccccc2)CC1)NCCc1ncc(C)s1.I. The summed E-state index contributed by atoms with van der Waals surface area (Å²) in [6.07, 6.45) is 4.01. The predicted molar refractivity (Wildman–Crippen MR) is 138 cm³/mol. The fourth-order valence-corrected chi connectivity index (χ4v) is 4.33. The van der Waals surface area contributed by atoms with Gasteiger partial charge in [-0.2, -0.15) is 0 Å². The molecule has 1 aromatic carbocycles. The van der Waals surface area contributed by atoms with Crippen molar-refractivity contribution in [2.24, 2.45) is 4.99 Å². The largest absolute Gasteiger partial charge is 0.356 e. The van der Waals surface area contributed by atoms with Crippen LogP contribution in [0.5, 0.6) is 0 Å². The lowest BCUT2D eigenvalue weighted by atomic mass is 10.2. The zero-order chi connectivity index (χ0) is 20.3. The fourth-order valence-electron chi connectivity index (χ4n) is 3.55. The number of piperazine rings is 1. The van der Waals surface area contributed by atoms with Crippen molar-refractivity contribution in [2.45, 2.75) is 26.3 Å². The molecule has 2 aromatic rings. The molecule has 1 aliphatic heterocycles. The van der Waals surface area contributed by atoms with Crippen molar-refractivity contribution in [3.8, 4) is 0 Å². The number of hydrogen-bond acceptors (Lipinski definition) is 5. The van der Waals surface area contributed by atoms with E-state index >= 15 is 0 Å². The van der Waals surface area contributed by atoms with Gasteiger partial charge in [-0.1, -0.05) is 30.3 Å².